The van der Waals surface area contributed by atoms with E-state index >= 15 is 0 Å². The Bertz CT molecular complexity index is 683. The van der Waals surface area contributed by atoms with Crippen LogP contribution in [0.3, 0.4) is 0 Å². The maximum absolute atomic E-state index is 13.3. The third-order valence-corrected chi connectivity index (χ3v) is 4.67. The van der Waals surface area contributed by atoms with E-state index in [9.17, 15) is 18.8 Å². The van der Waals surface area contributed by atoms with E-state index in [0.717, 1.165) is 0 Å². The Morgan fingerprint density at radius 3 is 2.62 bits per heavy atom. The van der Waals surface area contributed by atoms with E-state index in [2.05, 4.69) is 5.32 Å². The third kappa shape index (κ3) is 2.74. The SMILES string of the molecule is CCCN1C(=O)NC2(CCN(C(=O)c3cccc(F)c3)CC2)C1=O. The van der Waals surface area contributed by atoms with E-state index in [1.165, 1.54) is 23.1 Å². The van der Waals surface area contributed by atoms with Gasteiger partial charge in [0.05, 0.1) is 0 Å². The average molecular weight is 333 g/mol. The maximum atomic E-state index is 13.3. The predicted octanol–water partition coefficient (Wildman–Crippen LogP) is 1.76. The number of imide groups is 1. The molecule has 1 aromatic rings. The van der Waals surface area contributed by atoms with Crippen LogP contribution in [0.2, 0.25) is 0 Å². The lowest BCUT2D eigenvalue weighted by molar-refractivity contribution is -0.132. The molecule has 1 spiro atoms. The van der Waals surface area contributed by atoms with Crippen molar-refractivity contribution < 1.29 is 18.8 Å². The summed E-state index contributed by atoms with van der Waals surface area (Å²) in [5.41, 5.74) is -0.606. The van der Waals surface area contributed by atoms with Crippen LogP contribution in [0.1, 0.15) is 36.5 Å². The minimum absolute atomic E-state index is 0.202. The van der Waals surface area contributed by atoms with Crippen molar-refractivity contribution in [1.82, 2.24) is 15.1 Å². The Morgan fingerprint density at radius 2 is 2.00 bits per heavy atom. The molecule has 2 aliphatic rings. The quantitative estimate of drug-likeness (QED) is 0.857. The molecule has 0 bridgehead atoms. The monoisotopic (exact) mass is 333 g/mol. The third-order valence-electron chi connectivity index (χ3n) is 4.67. The molecule has 1 aromatic carbocycles. The molecule has 0 atom stereocenters. The molecule has 3 rings (SSSR count). The fourth-order valence-electron chi connectivity index (χ4n) is 3.34. The number of likely N-dealkylation sites (tertiary alicyclic amines) is 1. The van der Waals surface area contributed by atoms with E-state index in [1.54, 1.807) is 11.0 Å². The van der Waals surface area contributed by atoms with E-state index in [0.29, 0.717) is 44.5 Å². The molecule has 0 aliphatic carbocycles. The predicted molar refractivity (Wildman–Crippen MR) is 84.8 cm³/mol. The molecule has 2 heterocycles. The van der Waals surface area contributed by atoms with Crippen molar-refractivity contribution >= 4 is 17.8 Å². The van der Waals surface area contributed by atoms with Gasteiger partial charge in [0.25, 0.3) is 11.8 Å². The number of amides is 4. The normalized spacial score (nSPS) is 19.8. The van der Waals surface area contributed by atoms with Gasteiger partial charge in [-0.2, -0.15) is 0 Å². The smallest absolute Gasteiger partial charge is 0.325 e. The van der Waals surface area contributed by atoms with Gasteiger partial charge in [0.2, 0.25) is 0 Å². The van der Waals surface area contributed by atoms with Crippen LogP contribution in [0.5, 0.6) is 0 Å². The van der Waals surface area contributed by atoms with E-state index in [4.69, 9.17) is 0 Å². The molecular weight excluding hydrogens is 313 g/mol. The molecule has 0 radical (unpaired) electrons. The molecule has 24 heavy (non-hydrogen) atoms. The summed E-state index contributed by atoms with van der Waals surface area (Å²) in [6, 6.07) is 5.21. The lowest BCUT2D eigenvalue weighted by Gasteiger charge is -2.37. The number of carbonyl (C=O) groups excluding carboxylic acids is 3. The Balaban J connectivity index is 1.69. The van der Waals surface area contributed by atoms with Crippen LogP contribution in [0.15, 0.2) is 24.3 Å². The number of nitrogens with zero attached hydrogens (tertiary/aromatic N) is 2. The van der Waals surface area contributed by atoms with Crippen molar-refractivity contribution in [3.63, 3.8) is 0 Å². The highest BCUT2D eigenvalue weighted by atomic mass is 19.1. The van der Waals surface area contributed by atoms with Crippen molar-refractivity contribution in [2.24, 2.45) is 0 Å². The molecular formula is C17H20FN3O3. The van der Waals surface area contributed by atoms with Crippen molar-refractivity contribution in [2.75, 3.05) is 19.6 Å². The standard InChI is InChI=1S/C17H20FN3O3/c1-2-8-21-15(23)17(19-16(21)24)6-9-20(10-7-17)14(22)12-4-3-5-13(18)11-12/h3-5,11H,2,6-10H2,1H3,(H,19,24). The zero-order valence-corrected chi connectivity index (χ0v) is 13.5. The Hall–Kier alpha value is -2.44. The molecule has 1 N–H and O–H groups in total. The average Bonchev–Trinajstić information content (AvgIpc) is 2.80. The first kappa shape index (κ1) is 16.4. The minimum atomic E-state index is -0.898. The maximum Gasteiger partial charge on any atom is 0.325 e. The second-order valence-corrected chi connectivity index (χ2v) is 6.27. The van der Waals surface area contributed by atoms with Crippen LogP contribution in [-0.4, -0.2) is 52.8 Å². The minimum Gasteiger partial charge on any atom is -0.338 e. The zero-order chi connectivity index (χ0) is 17.3. The summed E-state index contributed by atoms with van der Waals surface area (Å²) < 4.78 is 13.3. The molecule has 2 fully saturated rings. The molecule has 7 heteroatoms. The first-order valence-corrected chi connectivity index (χ1v) is 8.16. The van der Waals surface area contributed by atoms with Crippen LogP contribution < -0.4 is 5.32 Å². The number of urea groups is 1. The van der Waals surface area contributed by atoms with Gasteiger partial charge in [0.15, 0.2) is 0 Å². The van der Waals surface area contributed by atoms with Gasteiger partial charge in [-0.05, 0) is 37.5 Å². The molecule has 2 saturated heterocycles. The number of halogens is 1. The number of hydrogen-bond acceptors (Lipinski definition) is 3. The fourth-order valence-corrected chi connectivity index (χ4v) is 3.34. The van der Waals surface area contributed by atoms with Gasteiger partial charge in [0, 0.05) is 25.2 Å². The second-order valence-electron chi connectivity index (χ2n) is 6.27. The van der Waals surface area contributed by atoms with Crippen LogP contribution in [0.4, 0.5) is 9.18 Å². The summed E-state index contributed by atoms with van der Waals surface area (Å²) in [4.78, 5) is 39.9. The highest BCUT2D eigenvalue weighted by Crippen LogP contribution is 2.30. The summed E-state index contributed by atoms with van der Waals surface area (Å²) in [6.07, 6.45) is 1.46. The summed E-state index contributed by atoms with van der Waals surface area (Å²) in [5, 5.41) is 2.80. The van der Waals surface area contributed by atoms with E-state index in [1.807, 2.05) is 6.92 Å². The lowest BCUT2D eigenvalue weighted by atomic mass is 9.87. The zero-order valence-electron chi connectivity index (χ0n) is 13.5. The first-order valence-electron chi connectivity index (χ1n) is 8.16. The number of benzene rings is 1. The first-order chi connectivity index (χ1) is 11.5. The van der Waals surface area contributed by atoms with Gasteiger partial charge >= 0.3 is 6.03 Å². The molecule has 6 nitrogen and oxygen atoms in total. The molecule has 0 aromatic heterocycles. The number of carbonyl (C=O) groups is 3. The van der Waals surface area contributed by atoms with Crippen molar-refractivity contribution in [2.45, 2.75) is 31.7 Å². The summed E-state index contributed by atoms with van der Waals surface area (Å²) in [6.45, 7) is 3.01. The molecule has 2 aliphatic heterocycles. The van der Waals surface area contributed by atoms with Crippen molar-refractivity contribution in [1.29, 1.82) is 0 Å². The largest absolute Gasteiger partial charge is 0.338 e. The van der Waals surface area contributed by atoms with Gasteiger partial charge in [-0.25, -0.2) is 9.18 Å². The Morgan fingerprint density at radius 1 is 1.29 bits per heavy atom. The van der Waals surface area contributed by atoms with Gasteiger partial charge < -0.3 is 10.2 Å². The molecule has 0 unspecified atom stereocenters. The summed E-state index contributed by atoms with van der Waals surface area (Å²) >= 11 is 0. The lowest BCUT2D eigenvalue weighted by Crippen LogP contribution is -2.55. The van der Waals surface area contributed by atoms with E-state index < -0.39 is 11.4 Å². The Labute approximate surface area is 139 Å². The fraction of sp³-hybridized carbons (Fsp3) is 0.471. The Kier molecular flexibility index (Phi) is 4.26. The number of hydrogen-bond donors (Lipinski definition) is 1. The van der Waals surface area contributed by atoms with Gasteiger partial charge in [-0.15, -0.1) is 0 Å². The topological polar surface area (TPSA) is 69.7 Å². The van der Waals surface area contributed by atoms with Crippen molar-refractivity contribution in [3.05, 3.63) is 35.6 Å². The number of rotatable bonds is 3. The molecule has 0 saturated carbocycles. The van der Waals surface area contributed by atoms with Crippen LogP contribution in [-0.2, 0) is 4.79 Å². The van der Waals surface area contributed by atoms with Crippen LogP contribution in [0, 0.1) is 5.82 Å². The van der Waals surface area contributed by atoms with E-state index in [-0.39, 0.29) is 17.8 Å². The van der Waals surface area contributed by atoms with Crippen molar-refractivity contribution in [3.8, 4) is 0 Å². The molecule has 4 amide bonds. The van der Waals surface area contributed by atoms with Crippen LogP contribution >= 0.6 is 0 Å². The van der Waals surface area contributed by atoms with Crippen LogP contribution in [0.25, 0.3) is 0 Å². The number of nitrogens with one attached hydrogen (secondary N) is 1. The van der Waals surface area contributed by atoms with Gasteiger partial charge in [0.1, 0.15) is 11.4 Å². The molecule has 128 valence electrons. The summed E-state index contributed by atoms with van der Waals surface area (Å²) in [7, 11) is 0. The number of piperidine rings is 1. The second kappa shape index (κ2) is 6.22. The van der Waals surface area contributed by atoms with Gasteiger partial charge in [-0.1, -0.05) is 13.0 Å². The van der Waals surface area contributed by atoms with Gasteiger partial charge in [-0.3, -0.25) is 14.5 Å². The highest BCUT2D eigenvalue weighted by molar-refractivity contribution is 6.07. The highest BCUT2D eigenvalue weighted by Gasteiger charge is 2.52. The summed E-state index contributed by atoms with van der Waals surface area (Å²) in [5.74, 6) is -0.915.